The summed E-state index contributed by atoms with van der Waals surface area (Å²) in [6.45, 7) is 1.80. The van der Waals surface area contributed by atoms with E-state index in [4.69, 9.17) is 0 Å². The Balaban J connectivity index is 1.41. The summed E-state index contributed by atoms with van der Waals surface area (Å²) in [5, 5.41) is 9.91. The number of amides is 4. The van der Waals surface area contributed by atoms with Crippen LogP contribution in [-0.2, 0) is 22.7 Å². The van der Waals surface area contributed by atoms with E-state index in [0.717, 1.165) is 5.56 Å². The zero-order valence-electron chi connectivity index (χ0n) is 15.5. The number of aryl methyl sites for hydroxylation is 1. The van der Waals surface area contributed by atoms with Crippen molar-refractivity contribution in [2.24, 2.45) is 0 Å². The van der Waals surface area contributed by atoms with Gasteiger partial charge in [-0.05, 0) is 18.4 Å². The Bertz CT molecular complexity index is 859. The van der Waals surface area contributed by atoms with Gasteiger partial charge in [0.15, 0.2) is 0 Å². The molecule has 3 heterocycles. The molecule has 2 aliphatic heterocycles. The number of piperidine rings is 1. The van der Waals surface area contributed by atoms with E-state index in [0.29, 0.717) is 45.4 Å². The maximum atomic E-state index is 12.6. The Morgan fingerprint density at radius 1 is 1.07 bits per heavy atom. The Morgan fingerprint density at radius 3 is 2.43 bits per heavy atom. The Hall–Kier alpha value is -3.23. The van der Waals surface area contributed by atoms with Gasteiger partial charge in [0.05, 0.1) is 0 Å². The van der Waals surface area contributed by atoms with Gasteiger partial charge in [-0.2, -0.15) is 0 Å². The van der Waals surface area contributed by atoms with Crippen molar-refractivity contribution in [1.82, 2.24) is 29.9 Å². The summed E-state index contributed by atoms with van der Waals surface area (Å²) < 4.78 is 1.76. The van der Waals surface area contributed by atoms with E-state index in [9.17, 15) is 14.4 Å². The van der Waals surface area contributed by atoms with Gasteiger partial charge in [-0.25, -0.2) is 4.79 Å². The SMILES string of the molecule is O=C(CCn1cnnc1)N1CCC2(CC1)C(=O)NC(=O)N2Cc1ccccc1. The molecule has 146 valence electrons. The molecule has 4 rings (SSSR count). The highest BCUT2D eigenvalue weighted by molar-refractivity contribution is 6.07. The normalized spacial score (nSPS) is 18.6. The van der Waals surface area contributed by atoms with Crippen LogP contribution in [0.4, 0.5) is 4.79 Å². The third-order valence-corrected chi connectivity index (χ3v) is 5.58. The highest BCUT2D eigenvalue weighted by Crippen LogP contribution is 2.34. The summed E-state index contributed by atoms with van der Waals surface area (Å²) in [5.41, 5.74) is 0.0944. The lowest BCUT2D eigenvalue weighted by Crippen LogP contribution is -2.57. The molecular weight excluding hydrogens is 360 g/mol. The summed E-state index contributed by atoms with van der Waals surface area (Å²) >= 11 is 0. The van der Waals surface area contributed by atoms with Crippen LogP contribution >= 0.6 is 0 Å². The van der Waals surface area contributed by atoms with Crippen molar-refractivity contribution in [3.63, 3.8) is 0 Å². The first-order chi connectivity index (χ1) is 13.6. The third-order valence-electron chi connectivity index (χ3n) is 5.58. The highest BCUT2D eigenvalue weighted by atomic mass is 16.2. The number of rotatable bonds is 5. The van der Waals surface area contributed by atoms with Crippen molar-refractivity contribution in [3.8, 4) is 0 Å². The summed E-state index contributed by atoms with van der Waals surface area (Å²) in [4.78, 5) is 40.9. The number of imide groups is 1. The molecule has 0 radical (unpaired) electrons. The molecule has 2 fully saturated rings. The molecule has 2 aliphatic rings. The van der Waals surface area contributed by atoms with Crippen molar-refractivity contribution in [2.45, 2.75) is 37.9 Å². The fraction of sp³-hybridized carbons (Fsp3) is 0.421. The molecule has 1 spiro atoms. The lowest BCUT2D eigenvalue weighted by Gasteiger charge is -2.42. The molecule has 1 aromatic carbocycles. The van der Waals surface area contributed by atoms with Gasteiger partial charge in [-0.1, -0.05) is 30.3 Å². The quantitative estimate of drug-likeness (QED) is 0.771. The molecule has 2 saturated heterocycles. The zero-order valence-corrected chi connectivity index (χ0v) is 15.5. The largest absolute Gasteiger partial charge is 0.342 e. The molecule has 2 aromatic rings. The van der Waals surface area contributed by atoms with Crippen LogP contribution in [0.2, 0.25) is 0 Å². The van der Waals surface area contributed by atoms with Crippen LogP contribution < -0.4 is 5.32 Å². The van der Waals surface area contributed by atoms with Gasteiger partial charge in [0.25, 0.3) is 5.91 Å². The Kier molecular flexibility index (Phi) is 4.81. The van der Waals surface area contributed by atoms with E-state index in [1.165, 1.54) is 0 Å². The first-order valence-corrected chi connectivity index (χ1v) is 9.36. The number of nitrogens with one attached hydrogen (secondary N) is 1. The summed E-state index contributed by atoms with van der Waals surface area (Å²) in [7, 11) is 0. The predicted molar refractivity (Wildman–Crippen MR) is 98.7 cm³/mol. The van der Waals surface area contributed by atoms with E-state index in [2.05, 4.69) is 15.5 Å². The van der Waals surface area contributed by atoms with Gasteiger partial charge in [0.2, 0.25) is 5.91 Å². The van der Waals surface area contributed by atoms with Crippen molar-refractivity contribution >= 4 is 17.8 Å². The van der Waals surface area contributed by atoms with E-state index in [1.807, 2.05) is 30.3 Å². The number of urea groups is 1. The second-order valence-electron chi connectivity index (χ2n) is 7.19. The average molecular weight is 382 g/mol. The van der Waals surface area contributed by atoms with Crippen molar-refractivity contribution in [1.29, 1.82) is 0 Å². The van der Waals surface area contributed by atoms with Crippen LogP contribution in [-0.4, -0.2) is 61.0 Å². The summed E-state index contributed by atoms with van der Waals surface area (Å²) in [6.07, 6.45) is 4.39. The minimum atomic E-state index is -0.877. The van der Waals surface area contributed by atoms with Crippen LogP contribution in [0.5, 0.6) is 0 Å². The second-order valence-corrected chi connectivity index (χ2v) is 7.19. The van der Waals surface area contributed by atoms with Crippen LogP contribution in [0.3, 0.4) is 0 Å². The molecule has 0 unspecified atom stereocenters. The van der Waals surface area contributed by atoms with E-state index >= 15 is 0 Å². The maximum absolute atomic E-state index is 12.6. The predicted octanol–water partition coefficient (Wildman–Crippen LogP) is 0.781. The number of nitrogens with zero attached hydrogens (tertiary/aromatic N) is 5. The van der Waals surface area contributed by atoms with Crippen LogP contribution in [0, 0.1) is 0 Å². The number of hydrogen-bond acceptors (Lipinski definition) is 5. The lowest BCUT2D eigenvalue weighted by atomic mass is 9.85. The first kappa shape index (κ1) is 18.1. The zero-order chi connectivity index (χ0) is 19.6. The monoisotopic (exact) mass is 382 g/mol. The summed E-state index contributed by atoms with van der Waals surface area (Å²) in [6, 6.07) is 9.25. The molecule has 0 saturated carbocycles. The molecule has 0 aliphatic carbocycles. The van der Waals surface area contributed by atoms with Crippen molar-refractivity contribution in [3.05, 3.63) is 48.5 Å². The molecule has 9 nitrogen and oxygen atoms in total. The molecule has 0 bridgehead atoms. The van der Waals surface area contributed by atoms with Gasteiger partial charge in [0.1, 0.15) is 18.2 Å². The average Bonchev–Trinajstić information content (AvgIpc) is 3.31. The Labute approximate surface area is 162 Å². The standard InChI is InChI=1S/C19H22N6O3/c26-16(6-9-23-13-20-21-14-23)24-10-7-19(8-11-24)17(27)22-18(28)25(19)12-15-4-2-1-3-5-15/h1-5,13-14H,6-12H2,(H,22,27,28). The first-order valence-electron chi connectivity index (χ1n) is 9.36. The molecule has 0 atom stereocenters. The molecule has 1 N–H and O–H groups in total. The number of likely N-dealkylation sites (tertiary alicyclic amines) is 1. The smallest absolute Gasteiger partial charge is 0.325 e. The summed E-state index contributed by atoms with van der Waals surface area (Å²) in [5.74, 6) is -0.229. The fourth-order valence-corrected chi connectivity index (χ4v) is 3.93. The maximum Gasteiger partial charge on any atom is 0.325 e. The number of carbonyl (C=O) groups is 3. The van der Waals surface area contributed by atoms with Crippen LogP contribution in [0.15, 0.2) is 43.0 Å². The fourth-order valence-electron chi connectivity index (χ4n) is 3.93. The molecule has 1 aromatic heterocycles. The van der Waals surface area contributed by atoms with Gasteiger partial charge in [0, 0.05) is 32.6 Å². The second kappa shape index (κ2) is 7.41. The minimum Gasteiger partial charge on any atom is -0.342 e. The van der Waals surface area contributed by atoms with Gasteiger partial charge < -0.3 is 14.4 Å². The molecule has 4 amide bonds. The van der Waals surface area contributed by atoms with E-state index in [1.54, 1.807) is 27.0 Å². The number of aromatic nitrogens is 3. The van der Waals surface area contributed by atoms with Gasteiger partial charge in [-0.15, -0.1) is 10.2 Å². The number of hydrogen-bond donors (Lipinski definition) is 1. The van der Waals surface area contributed by atoms with E-state index in [-0.39, 0.29) is 17.8 Å². The van der Waals surface area contributed by atoms with E-state index < -0.39 is 5.54 Å². The highest BCUT2D eigenvalue weighted by Gasteiger charge is 2.54. The lowest BCUT2D eigenvalue weighted by molar-refractivity contribution is -0.138. The van der Waals surface area contributed by atoms with Crippen molar-refractivity contribution < 1.29 is 14.4 Å². The van der Waals surface area contributed by atoms with Gasteiger partial charge >= 0.3 is 6.03 Å². The van der Waals surface area contributed by atoms with Crippen LogP contribution in [0.1, 0.15) is 24.8 Å². The Morgan fingerprint density at radius 2 is 1.75 bits per heavy atom. The minimum absolute atomic E-state index is 0.0305. The molecule has 9 heteroatoms. The van der Waals surface area contributed by atoms with Crippen molar-refractivity contribution in [2.75, 3.05) is 13.1 Å². The van der Waals surface area contributed by atoms with Crippen LogP contribution in [0.25, 0.3) is 0 Å². The molecular formula is C19H22N6O3. The molecule has 28 heavy (non-hydrogen) atoms. The van der Waals surface area contributed by atoms with Gasteiger partial charge in [-0.3, -0.25) is 14.9 Å². The topological polar surface area (TPSA) is 100 Å². The number of benzene rings is 1. The third kappa shape index (κ3) is 3.35. The number of carbonyl (C=O) groups excluding carboxylic acids is 3.